The lowest BCUT2D eigenvalue weighted by atomic mass is 10.2. The maximum absolute atomic E-state index is 12.4. The van der Waals surface area contributed by atoms with Crippen LogP contribution in [0, 0.1) is 0 Å². The second-order valence-electron chi connectivity index (χ2n) is 5.09. The fourth-order valence-electron chi connectivity index (χ4n) is 2.14. The summed E-state index contributed by atoms with van der Waals surface area (Å²) < 4.78 is 37.7. The van der Waals surface area contributed by atoms with Crippen LogP contribution in [0.5, 0.6) is 11.5 Å². The average molecular weight is 349 g/mol. The quantitative estimate of drug-likeness (QED) is 0.776. The first kappa shape index (κ1) is 18.0. The Bertz CT molecular complexity index is 846. The zero-order valence-electron chi connectivity index (χ0n) is 13.7. The Morgan fingerprint density at radius 2 is 1.83 bits per heavy atom. The zero-order chi connectivity index (χ0) is 17.7. The SMILES string of the molecule is COc1ccc(CNS(=O)(=O)c2cccc(C(C)=O)c2)c(OC)c1. The Hall–Kier alpha value is -2.38. The van der Waals surface area contributed by atoms with Crippen molar-refractivity contribution in [2.45, 2.75) is 18.4 Å². The minimum Gasteiger partial charge on any atom is -0.497 e. The van der Waals surface area contributed by atoms with Crippen LogP contribution in [0.15, 0.2) is 47.4 Å². The van der Waals surface area contributed by atoms with Crippen LogP contribution in [0.2, 0.25) is 0 Å². The highest BCUT2D eigenvalue weighted by Crippen LogP contribution is 2.25. The lowest BCUT2D eigenvalue weighted by molar-refractivity contribution is 0.101. The third kappa shape index (κ3) is 4.12. The molecule has 0 heterocycles. The highest BCUT2D eigenvalue weighted by atomic mass is 32.2. The largest absolute Gasteiger partial charge is 0.497 e. The van der Waals surface area contributed by atoms with Gasteiger partial charge in [0.25, 0.3) is 0 Å². The van der Waals surface area contributed by atoms with Crippen LogP contribution in [0.25, 0.3) is 0 Å². The second-order valence-corrected chi connectivity index (χ2v) is 6.85. The van der Waals surface area contributed by atoms with E-state index in [0.717, 1.165) is 0 Å². The van der Waals surface area contributed by atoms with E-state index in [0.29, 0.717) is 22.6 Å². The molecule has 0 aromatic heterocycles. The van der Waals surface area contributed by atoms with Crippen LogP contribution in [0.3, 0.4) is 0 Å². The molecule has 0 saturated carbocycles. The molecule has 0 atom stereocenters. The van der Waals surface area contributed by atoms with Crippen molar-refractivity contribution in [3.63, 3.8) is 0 Å². The molecule has 0 aliphatic heterocycles. The summed E-state index contributed by atoms with van der Waals surface area (Å²) in [5.41, 5.74) is 1.02. The van der Waals surface area contributed by atoms with E-state index >= 15 is 0 Å². The molecule has 6 nitrogen and oxygen atoms in total. The minimum atomic E-state index is -3.74. The van der Waals surface area contributed by atoms with Crippen LogP contribution >= 0.6 is 0 Å². The van der Waals surface area contributed by atoms with Gasteiger partial charge in [0.15, 0.2) is 5.78 Å². The highest BCUT2D eigenvalue weighted by Gasteiger charge is 2.16. The van der Waals surface area contributed by atoms with E-state index in [1.54, 1.807) is 37.4 Å². The van der Waals surface area contributed by atoms with Crippen molar-refractivity contribution >= 4 is 15.8 Å². The number of benzene rings is 2. The molecular formula is C17H19NO5S. The summed E-state index contributed by atoms with van der Waals surface area (Å²) in [5, 5.41) is 0. The molecule has 2 aromatic carbocycles. The first-order valence-electron chi connectivity index (χ1n) is 7.19. The summed E-state index contributed by atoms with van der Waals surface area (Å²) in [6, 6.07) is 11.1. The molecule has 0 aliphatic carbocycles. The second kappa shape index (κ2) is 7.46. The molecule has 0 amide bonds. The lowest BCUT2D eigenvalue weighted by Crippen LogP contribution is -2.23. The fraction of sp³-hybridized carbons (Fsp3) is 0.235. The van der Waals surface area contributed by atoms with Crippen molar-refractivity contribution < 1.29 is 22.7 Å². The van der Waals surface area contributed by atoms with Crippen LogP contribution in [0.4, 0.5) is 0 Å². The summed E-state index contributed by atoms with van der Waals surface area (Å²) in [6.07, 6.45) is 0. The predicted molar refractivity (Wildman–Crippen MR) is 90.0 cm³/mol. The summed E-state index contributed by atoms with van der Waals surface area (Å²) >= 11 is 0. The van der Waals surface area contributed by atoms with Gasteiger partial charge in [0.1, 0.15) is 11.5 Å². The van der Waals surface area contributed by atoms with Gasteiger partial charge in [0, 0.05) is 23.7 Å². The van der Waals surface area contributed by atoms with Gasteiger partial charge in [-0.1, -0.05) is 18.2 Å². The van der Waals surface area contributed by atoms with E-state index in [9.17, 15) is 13.2 Å². The van der Waals surface area contributed by atoms with Crippen molar-refractivity contribution in [2.75, 3.05) is 14.2 Å². The summed E-state index contributed by atoms with van der Waals surface area (Å²) in [7, 11) is -0.700. The number of methoxy groups -OCH3 is 2. The van der Waals surface area contributed by atoms with Gasteiger partial charge in [-0.15, -0.1) is 0 Å². The molecule has 0 aliphatic rings. The van der Waals surface area contributed by atoms with Crippen LogP contribution in [-0.4, -0.2) is 28.4 Å². The number of nitrogens with one attached hydrogen (secondary N) is 1. The average Bonchev–Trinajstić information content (AvgIpc) is 2.59. The maximum Gasteiger partial charge on any atom is 0.240 e. The van der Waals surface area contributed by atoms with E-state index in [-0.39, 0.29) is 17.2 Å². The normalized spacial score (nSPS) is 11.1. The van der Waals surface area contributed by atoms with Gasteiger partial charge in [-0.3, -0.25) is 4.79 Å². The number of rotatable bonds is 7. The minimum absolute atomic E-state index is 0.0441. The lowest BCUT2D eigenvalue weighted by Gasteiger charge is -2.12. The van der Waals surface area contributed by atoms with E-state index in [1.807, 2.05) is 0 Å². The van der Waals surface area contributed by atoms with Gasteiger partial charge >= 0.3 is 0 Å². The molecule has 24 heavy (non-hydrogen) atoms. The van der Waals surface area contributed by atoms with Gasteiger partial charge < -0.3 is 9.47 Å². The smallest absolute Gasteiger partial charge is 0.240 e. The van der Waals surface area contributed by atoms with Crippen LogP contribution < -0.4 is 14.2 Å². The van der Waals surface area contributed by atoms with Crippen LogP contribution in [0.1, 0.15) is 22.8 Å². The third-order valence-electron chi connectivity index (χ3n) is 3.50. The summed E-state index contributed by atoms with van der Waals surface area (Å²) in [4.78, 5) is 11.4. The number of Topliss-reactive ketones (excluding diaryl/α,β-unsaturated/α-hetero) is 1. The molecule has 0 fully saturated rings. The van der Waals surface area contributed by atoms with Crippen molar-refractivity contribution in [3.8, 4) is 11.5 Å². The Kier molecular flexibility index (Phi) is 5.58. The molecule has 0 bridgehead atoms. The molecule has 0 unspecified atom stereocenters. The maximum atomic E-state index is 12.4. The van der Waals surface area contributed by atoms with Crippen molar-refractivity contribution in [3.05, 3.63) is 53.6 Å². The molecule has 2 aromatic rings. The molecule has 128 valence electrons. The molecule has 2 rings (SSSR count). The number of ketones is 1. The van der Waals surface area contributed by atoms with E-state index < -0.39 is 10.0 Å². The fourth-order valence-corrected chi connectivity index (χ4v) is 3.19. The van der Waals surface area contributed by atoms with Gasteiger partial charge in [0.2, 0.25) is 10.0 Å². The first-order chi connectivity index (χ1) is 11.4. The predicted octanol–water partition coefficient (Wildman–Crippen LogP) is 2.38. The molecular weight excluding hydrogens is 330 g/mol. The van der Waals surface area contributed by atoms with Crippen LogP contribution in [-0.2, 0) is 16.6 Å². The zero-order valence-corrected chi connectivity index (χ0v) is 14.5. The number of carbonyl (C=O) groups excluding carboxylic acids is 1. The summed E-state index contributed by atoms with van der Waals surface area (Å²) in [6.45, 7) is 1.45. The number of hydrogen-bond donors (Lipinski definition) is 1. The van der Waals surface area contributed by atoms with E-state index in [1.165, 1.54) is 26.2 Å². The van der Waals surface area contributed by atoms with Gasteiger partial charge in [-0.2, -0.15) is 0 Å². The Balaban J connectivity index is 2.22. The summed E-state index contributed by atoms with van der Waals surface area (Å²) in [5.74, 6) is 0.950. The van der Waals surface area contributed by atoms with Gasteiger partial charge in [-0.05, 0) is 25.1 Å². The number of ether oxygens (including phenoxy) is 2. The monoisotopic (exact) mass is 349 g/mol. The topological polar surface area (TPSA) is 81.7 Å². The number of hydrogen-bond acceptors (Lipinski definition) is 5. The molecule has 0 spiro atoms. The van der Waals surface area contributed by atoms with Crippen molar-refractivity contribution in [2.24, 2.45) is 0 Å². The van der Waals surface area contributed by atoms with E-state index in [4.69, 9.17) is 9.47 Å². The standard InChI is InChI=1S/C17H19NO5S/c1-12(19)13-5-4-6-16(9-13)24(20,21)18-11-14-7-8-15(22-2)10-17(14)23-3/h4-10,18H,11H2,1-3H3. The van der Waals surface area contributed by atoms with Crippen molar-refractivity contribution in [1.29, 1.82) is 0 Å². The first-order valence-corrected chi connectivity index (χ1v) is 8.67. The Labute approximate surface area is 141 Å². The van der Waals surface area contributed by atoms with Gasteiger partial charge in [-0.25, -0.2) is 13.1 Å². The number of carbonyl (C=O) groups is 1. The van der Waals surface area contributed by atoms with E-state index in [2.05, 4.69) is 4.72 Å². The molecule has 1 N–H and O–H groups in total. The number of sulfonamides is 1. The Morgan fingerprint density at radius 1 is 1.08 bits per heavy atom. The third-order valence-corrected chi connectivity index (χ3v) is 4.90. The highest BCUT2D eigenvalue weighted by molar-refractivity contribution is 7.89. The molecule has 7 heteroatoms. The molecule has 0 radical (unpaired) electrons. The molecule has 0 saturated heterocycles. The Morgan fingerprint density at radius 3 is 2.46 bits per heavy atom. The van der Waals surface area contributed by atoms with Crippen molar-refractivity contribution in [1.82, 2.24) is 4.72 Å². The van der Waals surface area contributed by atoms with Gasteiger partial charge in [0.05, 0.1) is 19.1 Å².